The predicted molar refractivity (Wildman–Crippen MR) is 120 cm³/mol. The van der Waals surface area contributed by atoms with Gasteiger partial charge in [0.1, 0.15) is 11.5 Å². The third-order valence-electron chi connectivity index (χ3n) is 4.95. The molecule has 0 aliphatic rings. The van der Waals surface area contributed by atoms with Crippen molar-refractivity contribution < 1.29 is 9.47 Å². The Bertz CT molecular complexity index is 842. The zero-order valence-corrected chi connectivity index (χ0v) is 17.6. The van der Waals surface area contributed by atoms with Gasteiger partial charge in [-0.05, 0) is 67.8 Å². The van der Waals surface area contributed by atoms with Crippen LogP contribution in [0.1, 0.15) is 42.9 Å². The van der Waals surface area contributed by atoms with E-state index in [1.807, 2.05) is 12.1 Å². The first kappa shape index (κ1) is 20.9. The predicted octanol–water partition coefficient (Wildman–Crippen LogP) is 5.79. The molecule has 0 spiro atoms. The Labute approximate surface area is 174 Å². The number of nitrogens with one attached hydrogen (secondary N) is 1. The molecule has 0 aliphatic carbocycles. The van der Waals surface area contributed by atoms with Gasteiger partial charge < -0.3 is 14.8 Å². The molecular weight excluding hydrogens is 358 g/mol. The molecule has 0 aromatic heterocycles. The second-order valence-corrected chi connectivity index (χ2v) is 7.51. The van der Waals surface area contributed by atoms with Crippen molar-refractivity contribution in [3.8, 4) is 11.5 Å². The molecule has 0 saturated carbocycles. The molecule has 1 atom stereocenters. The molecule has 0 saturated heterocycles. The molecule has 0 fully saturated rings. The van der Waals surface area contributed by atoms with Gasteiger partial charge in [0.25, 0.3) is 0 Å². The minimum absolute atomic E-state index is 0.188. The lowest BCUT2D eigenvalue weighted by Crippen LogP contribution is -2.18. The maximum Gasteiger partial charge on any atom is 0.119 e. The molecular formula is C26H31NO2. The van der Waals surface area contributed by atoms with Gasteiger partial charge in [0.05, 0.1) is 13.2 Å². The Kier molecular flexibility index (Phi) is 7.71. The van der Waals surface area contributed by atoms with Gasteiger partial charge in [-0.3, -0.25) is 0 Å². The summed E-state index contributed by atoms with van der Waals surface area (Å²) in [6.45, 7) is 5.90. The molecule has 3 nitrogen and oxygen atoms in total. The van der Waals surface area contributed by atoms with Crippen LogP contribution < -0.4 is 14.8 Å². The van der Waals surface area contributed by atoms with E-state index < -0.39 is 0 Å². The third-order valence-corrected chi connectivity index (χ3v) is 4.95. The van der Waals surface area contributed by atoms with Crippen LogP contribution in [-0.2, 0) is 6.54 Å². The van der Waals surface area contributed by atoms with Crippen LogP contribution in [0.15, 0.2) is 78.9 Å². The number of methoxy groups -OCH3 is 1. The summed E-state index contributed by atoms with van der Waals surface area (Å²) in [6, 6.07) is 27.5. The number of rotatable bonds is 10. The molecule has 3 aromatic rings. The summed E-state index contributed by atoms with van der Waals surface area (Å²) in [5.74, 6) is 2.17. The fourth-order valence-electron chi connectivity index (χ4n) is 3.48. The van der Waals surface area contributed by atoms with Crippen molar-refractivity contribution in [2.75, 3.05) is 13.7 Å². The maximum atomic E-state index is 5.80. The number of ether oxygens (including phenoxy) is 2. The van der Waals surface area contributed by atoms with Gasteiger partial charge in [-0.15, -0.1) is 0 Å². The van der Waals surface area contributed by atoms with Crippen molar-refractivity contribution >= 4 is 0 Å². The van der Waals surface area contributed by atoms with Crippen molar-refractivity contribution in [1.29, 1.82) is 0 Å². The monoisotopic (exact) mass is 389 g/mol. The van der Waals surface area contributed by atoms with Crippen LogP contribution >= 0.6 is 0 Å². The van der Waals surface area contributed by atoms with E-state index in [9.17, 15) is 0 Å². The second kappa shape index (κ2) is 10.7. The Morgan fingerprint density at radius 3 is 2.00 bits per heavy atom. The molecule has 0 aliphatic heterocycles. The highest BCUT2D eigenvalue weighted by molar-refractivity contribution is 5.36. The summed E-state index contributed by atoms with van der Waals surface area (Å²) < 4.78 is 11.0. The maximum absolute atomic E-state index is 5.80. The molecule has 1 N–H and O–H groups in total. The average molecular weight is 390 g/mol. The normalized spacial score (nSPS) is 12.0. The van der Waals surface area contributed by atoms with Crippen molar-refractivity contribution in [3.05, 3.63) is 95.6 Å². The Morgan fingerprint density at radius 2 is 1.38 bits per heavy atom. The van der Waals surface area contributed by atoms with E-state index in [0.29, 0.717) is 5.92 Å². The van der Waals surface area contributed by atoms with Crippen molar-refractivity contribution in [2.45, 2.75) is 38.8 Å². The lowest BCUT2D eigenvalue weighted by atomic mass is 9.88. The fourth-order valence-corrected chi connectivity index (χ4v) is 3.48. The third kappa shape index (κ3) is 6.37. The molecule has 0 radical (unpaired) electrons. The molecule has 3 aromatic carbocycles. The van der Waals surface area contributed by atoms with Crippen molar-refractivity contribution in [3.63, 3.8) is 0 Å². The van der Waals surface area contributed by atoms with E-state index >= 15 is 0 Å². The van der Waals surface area contributed by atoms with Gasteiger partial charge in [-0.2, -0.15) is 0 Å². The van der Waals surface area contributed by atoms with E-state index in [4.69, 9.17) is 9.47 Å². The molecule has 3 heteroatoms. The van der Waals surface area contributed by atoms with E-state index in [0.717, 1.165) is 31.0 Å². The second-order valence-electron chi connectivity index (χ2n) is 7.51. The molecule has 152 valence electrons. The highest BCUT2D eigenvalue weighted by Crippen LogP contribution is 2.29. The fraction of sp³-hybridized carbons (Fsp3) is 0.308. The SMILES string of the molecule is COc1ccc(CNCC[C@@H](c2ccccc2)c2ccc(OC(C)C)cc2)cc1. The topological polar surface area (TPSA) is 30.5 Å². The largest absolute Gasteiger partial charge is 0.497 e. The van der Waals surface area contributed by atoms with Gasteiger partial charge in [0.15, 0.2) is 0 Å². The van der Waals surface area contributed by atoms with Gasteiger partial charge >= 0.3 is 0 Å². The minimum Gasteiger partial charge on any atom is -0.497 e. The molecule has 0 unspecified atom stereocenters. The van der Waals surface area contributed by atoms with E-state index in [2.05, 4.69) is 85.9 Å². The highest BCUT2D eigenvalue weighted by atomic mass is 16.5. The zero-order valence-electron chi connectivity index (χ0n) is 17.6. The lowest BCUT2D eigenvalue weighted by Gasteiger charge is -2.19. The number of hydrogen-bond donors (Lipinski definition) is 1. The molecule has 29 heavy (non-hydrogen) atoms. The summed E-state index contributed by atoms with van der Waals surface area (Å²) in [4.78, 5) is 0. The van der Waals surface area contributed by atoms with Crippen molar-refractivity contribution in [2.24, 2.45) is 0 Å². The first-order chi connectivity index (χ1) is 14.2. The molecule has 0 heterocycles. The Morgan fingerprint density at radius 1 is 0.759 bits per heavy atom. The lowest BCUT2D eigenvalue weighted by molar-refractivity contribution is 0.242. The van der Waals surface area contributed by atoms with Crippen LogP contribution in [0, 0.1) is 0 Å². The van der Waals surface area contributed by atoms with E-state index in [1.165, 1.54) is 16.7 Å². The average Bonchev–Trinajstić information content (AvgIpc) is 2.75. The molecule has 3 rings (SSSR count). The Hall–Kier alpha value is -2.78. The summed E-state index contributed by atoms with van der Waals surface area (Å²) >= 11 is 0. The first-order valence-electron chi connectivity index (χ1n) is 10.3. The molecule has 0 bridgehead atoms. The quantitative estimate of drug-likeness (QED) is 0.445. The number of benzene rings is 3. The van der Waals surface area contributed by atoms with Gasteiger partial charge in [-0.1, -0.05) is 54.6 Å². The van der Waals surface area contributed by atoms with Crippen LogP contribution in [0.3, 0.4) is 0 Å². The zero-order chi connectivity index (χ0) is 20.5. The Balaban J connectivity index is 1.63. The van der Waals surface area contributed by atoms with E-state index in [1.54, 1.807) is 7.11 Å². The summed E-state index contributed by atoms with van der Waals surface area (Å²) in [5.41, 5.74) is 3.92. The van der Waals surface area contributed by atoms with Crippen LogP contribution in [0.4, 0.5) is 0 Å². The first-order valence-corrected chi connectivity index (χ1v) is 10.3. The number of hydrogen-bond acceptors (Lipinski definition) is 3. The van der Waals surface area contributed by atoms with Crippen molar-refractivity contribution in [1.82, 2.24) is 5.32 Å². The van der Waals surface area contributed by atoms with E-state index in [-0.39, 0.29) is 6.10 Å². The van der Waals surface area contributed by atoms with Gasteiger partial charge in [0.2, 0.25) is 0 Å². The summed E-state index contributed by atoms with van der Waals surface area (Å²) in [7, 11) is 1.69. The standard InChI is InChI=1S/C26H31NO2/c1-20(2)29-25-15-11-23(12-16-25)26(22-7-5-4-6-8-22)17-18-27-19-21-9-13-24(28-3)14-10-21/h4-16,20,26-27H,17-19H2,1-3H3/t26-/m0/s1. The smallest absolute Gasteiger partial charge is 0.119 e. The minimum atomic E-state index is 0.188. The van der Waals surface area contributed by atoms with Crippen LogP contribution in [0.2, 0.25) is 0 Å². The summed E-state index contributed by atoms with van der Waals surface area (Å²) in [6.07, 6.45) is 1.22. The molecule has 0 amide bonds. The van der Waals surface area contributed by atoms with Crippen LogP contribution in [-0.4, -0.2) is 19.8 Å². The summed E-state index contributed by atoms with van der Waals surface area (Å²) in [5, 5.41) is 3.58. The van der Waals surface area contributed by atoms with Gasteiger partial charge in [0, 0.05) is 12.5 Å². The highest BCUT2D eigenvalue weighted by Gasteiger charge is 2.14. The van der Waals surface area contributed by atoms with Crippen LogP contribution in [0.5, 0.6) is 11.5 Å². The van der Waals surface area contributed by atoms with Gasteiger partial charge in [-0.25, -0.2) is 0 Å². The van der Waals surface area contributed by atoms with Crippen LogP contribution in [0.25, 0.3) is 0 Å².